The molecule has 0 aromatic heterocycles. The van der Waals surface area contributed by atoms with E-state index in [0.29, 0.717) is 6.42 Å². The SMILES string of the molecule is CCC(=O)/C(C)=N\O. The van der Waals surface area contributed by atoms with E-state index in [1.54, 1.807) is 6.92 Å². The molecule has 0 aromatic rings. The quantitative estimate of drug-likeness (QED) is 0.329. The van der Waals surface area contributed by atoms with Crippen LogP contribution < -0.4 is 0 Å². The van der Waals surface area contributed by atoms with Gasteiger partial charge in [-0.15, -0.1) is 0 Å². The Morgan fingerprint density at radius 1 is 1.75 bits per heavy atom. The molecule has 3 heteroatoms. The summed E-state index contributed by atoms with van der Waals surface area (Å²) in [5.41, 5.74) is 0.174. The van der Waals surface area contributed by atoms with Gasteiger partial charge in [-0.1, -0.05) is 12.1 Å². The fourth-order valence-electron chi connectivity index (χ4n) is 0.312. The molecular weight excluding hydrogens is 106 g/mol. The van der Waals surface area contributed by atoms with E-state index >= 15 is 0 Å². The maximum atomic E-state index is 10.5. The second-order valence-electron chi connectivity index (χ2n) is 1.46. The third kappa shape index (κ3) is 1.73. The number of Topliss-reactive ketones (excluding diaryl/α,β-unsaturated/α-hetero) is 1. The first-order valence-electron chi connectivity index (χ1n) is 2.44. The van der Waals surface area contributed by atoms with E-state index in [9.17, 15) is 4.79 Å². The van der Waals surface area contributed by atoms with Crippen molar-refractivity contribution >= 4 is 11.5 Å². The Labute approximate surface area is 48.0 Å². The Bertz CT molecular complexity index is 118. The van der Waals surface area contributed by atoms with Gasteiger partial charge in [0, 0.05) is 6.42 Å². The van der Waals surface area contributed by atoms with Gasteiger partial charge >= 0.3 is 0 Å². The van der Waals surface area contributed by atoms with Gasteiger partial charge in [0.15, 0.2) is 5.78 Å². The largest absolute Gasteiger partial charge is 0.411 e. The Morgan fingerprint density at radius 3 is 2.38 bits per heavy atom. The molecule has 0 aliphatic carbocycles. The van der Waals surface area contributed by atoms with E-state index in [0.717, 1.165) is 0 Å². The normalized spacial score (nSPS) is 11.5. The van der Waals surface area contributed by atoms with Gasteiger partial charge in [0.25, 0.3) is 0 Å². The van der Waals surface area contributed by atoms with Crippen LogP contribution in [0.25, 0.3) is 0 Å². The number of hydrogen-bond acceptors (Lipinski definition) is 3. The summed E-state index contributed by atoms with van der Waals surface area (Å²) in [6.45, 7) is 3.20. The van der Waals surface area contributed by atoms with Crippen LogP contribution in [0.3, 0.4) is 0 Å². The molecule has 0 aromatic carbocycles. The van der Waals surface area contributed by atoms with Gasteiger partial charge in [-0.3, -0.25) is 4.79 Å². The predicted molar refractivity (Wildman–Crippen MR) is 30.2 cm³/mol. The Kier molecular flexibility index (Phi) is 2.84. The average molecular weight is 115 g/mol. The van der Waals surface area contributed by atoms with Crippen LogP contribution in [0.2, 0.25) is 0 Å². The molecule has 3 nitrogen and oxygen atoms in total. The number of oxime groups is 1. The highest BCUT2D eigenvalue weighted by atomic mass is 16.4. The number of hydrogen-bond donors (Lipinski definition) is 1. The first-order chi connectivity index (χ1) is 3.72. The topological polar surface area (TPSA) is 49.7 Å². The molecule has 0 saturated heterocycles. The van der Waals surface area contributed by atoms with E-state index in [4.69, 9.17) is 5.21 Å². The summed E-state index contributed by atoms with van der Waals surface area (Å²) < 4.78 is 0. The Morgan fingerprint density at radius 2 is 2.25 bits per heavy atom. The summed E-state index contributed by atoms with van der Waals surface area (Å²) in [7, 11) is 0. The van der Waals surface area contributed by atoms with Crippen molar-refractivity contribution in [2.45, 2.75) is 20.3 Å². The first-order valence-corrected chi connectivity index (χ1v) is 2.44. The zero-order chi connectivity index (χ0) is 6.57. The molecule has 8 heavy (non-hydrogen) atoms. The van der Waals surface area contributed by atoms with Crippen LogP contribution in [0.15, 0.2) is 5.16 Å². The van der Waals surface area contributed by atoms with Crippen molar-refractivity contribution in [1.82, 2.24) is 0 Å². The molecule has 0 aliphatic rings. The van der Waals surface area contributed by atoms with Gasteiger partial charge < -0.3 is 5.21 Å². The molecule has 0 fully saturated rings. The highest BCUT2D eigenvalue weighted by Gasteiger charge is 2.00. The van der Waals surface area contributed by atoms with Crippen molar-refractivity contribution in [2.75, 3.05) is 0 Å². The molecule has 0 saturated carbocycles. The summed E-state index contributed by atoms with van der Waals surface area (Å²) in [6, 6.07) is 0. The summed E-state index contributed by atoms with van der Waals surface area (Å²) in [5.74, 6) is -0.118. The number of ketones is 1. The molecule has 0 atom stereocenters. The molecule has 0 aliphatic heterocycles. The number of rotatable bonds is 2. The van der Waals surface area contributed by atoms with Crippen molar-refractivity contribution in [2.24, 2.45) is 5.16 Å². The molecule has 0 unspecified atom stereocenters. The third-order valence-electron chi connectivity index (χ3n) is 0.875. The van der Waals surface area contributed by atoms with Gasteiger partial charge in [0.2, 0.25) is 0 Å². The minimum absolute atomic E-state index is 0.118. The van der Waals surface area contributed by atoms with Gasteiger partial charge in [-0.05, 0) is 6.92 Å². The maximum absolute atomic E-state index is 10.5. The highest BCUT2D eigenvalue weighted by Crippen LogP contribution is 1.83. The highest BCUT2D eigenvalue weighted by molar-refractivity contribution is 6.38. The van der Waals surface area contributed by atoms with Crippen LogP contribution in [-0.4, -0.2) is 16.7 Å². The van der Waals surface area contributed by atoms with Crippen LogP contribution in [0.1, 0.15) is 20.3 Å². The van der Waals surface area contributed by atoms with Gasteiger partial charge in [-0.25, -0.2) is 0 Å². The zero-order valence-electron chi connectivity index (χ0n) is 5.01. The number of carbonyl (C=O) groups is 1. The first kappa shape index (κ1) is 7.14. The molecule has 0 spiro atoms. The van der Waals surface area contributed by atoms with Gasteiger partial charge in [0.1, 0.15) is 5.71 Å². The molecule has 0 heterocycles. The van der Waals surface area contributed by atoms with Gasteiger partial charge in [-0.2, -0.15) is 0 Å². The molecule has 0 amide bonds. The summed E-state index contributed by atoms with van der Waals surface area (Å²) in [6.07, 6.45) is 0.399. The maximum Gasteiger partial charge on any atom is 0.179 e. The van der Waals surface area contributed by atoms with Crippen LogP contribution in [0.5, 0.6) is 0 Å². The zero-order valence-corrected chi connectivity index (χ0v) is 5.01. The molecule has 0 radical (unpaired) electrons. The number of nitrogens with zero attached hydrogens (tertiary/aromatic N) is 1. The standard InChI is InChI=1S/C5H9NO2/c1-3-5(7)4(2)6-8/h8H,3H2,1-2H3/b6-4-. The predicted octanol–water partition coefficient (Wildman–Crippen LogP) is 0.816. The van der Waals surface area contributed by atoms with Crippen molar-refractivity contribution in [1.29, 1.82) is 0 Å². The fraction of sp³-hybridized carbons (Fsp3) is 0.600. The molecular formula is C5H9NO2. The van der Waals surface area contributed by atoms with Crippen molar-refractivity contribution < 1.29 is 10.0 Å². The van der Waals surface area contributed by atoms with Crippen LogP contribution in [0, 0.1) is 0 Å². The van der Waals surface area contributed by atoms with E-state index in [1.165, 1.54) is 6.92 Å². The second kappa shape index (κ2) is 3.18. The van der Waals surface area contributed by atoms with E-state index in [2.05, 4.69) is 5.16 Å². The second-order valence-corrected chi connectivity index (χ2v) is 1.46. The van der Waals surface area contributed by atoms with Crippen LogP contribution >= 0.6 is 0 Å². The Balaban J connectivity index is 3.83. The van der Waals surface area contributed by atoms with Crippen molar-refractivity contribution in [3.63, 3.8) is 0 Å². The van der Waals surface area contributed by atoms with Crippen LogP contribution in [0.4, 0.5) is 0 Å². The van der Waals surface area contributed by atoms with Crippen LogP contribution in [-0.2, 0) is 4.79 Å². The lowest BCUT2D eigenvalue weighted by atomic mass is 10.2. The molecule has 1 N–H and O–H groups in total. The summed E-state index contributed by atoms with van der Waals surface area (Å²) in [4.78, 5) is 10.5. The monoisotopic (exact) mass is 115 g/mol. The van der Waals surface area contributed by atoms with Gasteiger partial charge in [0.05, 0.1) is 0 Å². The van der Waals surface area contributed by atoms with E-state index < -0.39 is 0 Å². The fourth-order valence-corrected chi connectivity index (χ4v) is 0.312. The molecule has 0 bridgehead atoms. The smallest absolute Gasteiger partial charge is 0.179 e. The minimum atomic E-state index is -0.118. The van der Waals surface area contributed by atoms with E-state index in [-0.39, 0.29) is 11.5 Å². The lowest BCUT2D eigenvalue weighted by molar-refractivity contribution is -0.112. The summed E-state index contributed by atoms with van der Waals surface area (Å²) >= 11 is 0. The lowest BCUT2D eigenvalue weighted by Crippen LogP contribution is -2.07. The Hall–Kier alpha value is -0.860. The summed E-state index contributed by atoms with van der Waals surface area (Å²) in [5, 5.41) is 10.7. The van der Waals surface area contributed by atoms with Crippen molar-refractivity contribution in [3.05, 3.63) is 0 Å². The molecule has 46 valence electrons. The average Bonchev–Trinajstić information content (AvgIpc) is 1.84. The third-order valence-corrected chi connectivity index (χ3v) is 0.875. The lowest BCUT2D eigenvalue weighted by Gasteiger charge is -1.88. The number of carbonyl (C=O) groups excluding carboxylic acids is 1. The van der Waals surface area contributed by atoms with E-state index in [1.807, 2.05) is 0 Å². The minimum Gasteiger partial charge on any atom is -0.411 e. The van der Waals surface area contributed by atoms with Crippen molar-refractivity contribution in [3.8, 4) is 0 Å². The molecule has 0 rings (SSSR count).